The molecule has 20 heavy (non-hydrogen) atoms. The Morgan fingerprint density at radius 2 is 1.95 bits per heavy atom. The molecule has 1 saturated carbocycles. The summed E-state index contributed by atoms with van der Waals surface area (Å²) in [6.45, 7) is 4.25. The third kappa shape index (κ3) is 2.36. The summed E-state index contributed by atoms with van der Waals surface area (Å²) < 4.78 is 5.48. The molecule has 0 aliphatic heterocycles. The molecule has 106 valence electrons. The first-order valence-electron chi connectivity index (χ1n) is 7.17. The van der Waals surface area contributed by atoms with Gasteiger partial charge in [-0.2, -0.15) is 4.98 Å². The molecule has 0 saturated heterocycles. The van der Waals surface area contributed by atoms with Gasteiger partial charge in [-0.25, -0.2) is 0 Å². The Morgan fingerprint density at radius 1 is 1.25 bits per heavy atom. The van der Waals surface area contributed by atoms with Crippen molar-refractivity contribution in [3.63, 3.8) is 0 Å². The van der Waals surface area contributed by atoms with Gasteiger partial charge in [0.15, 0.2) is 5.82 Å². The van der Waals surface area contributed by atoms with E-state index in [1.54, 1.807) is 0 Å². The Morgan fingerprint density at radius 3 is 2.55 bits per heavy atom. The summed E-state index contributed by atoms with van der Waals surface area (Å²) in [5.74, 6) is 1.34. The van der Waals surface area contributed by atoms with Crippen molar-refractivity contribution in [1.82, 2.24) is 10.1 Å². The topological polar surface area (TPSA) is 64.9 Å². The van der Waals surface area contributed by atoms with Crippen molar-refractivity contribution in [2.24, 2.45) is 5.73 Å². The van der Waals surface area contributed by atoms with Crippen LogP contribution < -0.4 is 5.73 Å². The molecule has 3 rings (SSSR count). The molecule has 0 amide bonds. The van der Waals surface area contributed by atoms with E-state index in [0.29, 0.717) is 11.7 Å². The zero-order chi connectivity index (χ0) is 14.2. The van der Waals surface area contributed by atoms with Crippen molar-refractivity contribution < 1.29 is 4.52 Å². The monoisotopic (exact) mass is 271 g/mol. The lowest BCUT2D eigenvalue weighted by molar-refractivity contribution is 0.227. The highest BCUT2D eigenvalue weighted by molar-refractivity contribution is 5.20. The van der Waals surface area contributed by atoms with Crippen molar-refractivity contribution in [3.05, 3.63) is 47.6 Å². The summed E-state index contributed by atoms with van der Waals surface area (Å²) >= 11 is 0. The maximum Gasteiger partial charge on any atom is 0.232 e. The average molecular weight is 271 g/mol. The number of hydrogen-bond donors (Lipinski definition) is 1. The van der Waals surface area contributed by atoms with Crippen LogP contribution in [0.25, 0.3) is 0 Å². The first-order valence-corrected chi connectivity index (χ1v) is 7.17. The van der Waals surface area contributed by atoms with Crippen LogP contribution in [0.5, 0.6) is 0 Å². The highest BCUT2D eigenvalue weighted by atomic mass is 16.5. The number of rotatable bonds is 4. The lowest BCUT2D eigenvalue weighted by Crippen LogP contribution is -2.44. The molecule has 0 bridgehead atoms. The van der Waals surface area contributed by atoms with E-state index >= 15 is 0 Å². The van der Waals surface area contributed by atoms with Crippen LogP contribution in [0.2, 0.25) is 0 Å². The van der Waals surface area contributed by atoms with Gasteiger partial charge >= 0.3 is 0 Å². The molecule has 0 unspecified atom stereocenters. The molecule has 1 aromatic carbocycles. The highest BCUT2D eigenvalue weighted by Gasteiger charge is 2.40. The third-order valence-corrected chi connectivity index (χ3v) is 4.18. The van der Waals surface area contributed by atoms with Crippen LogP contribution in [0, 0.1) is 0 Å². The normalized spacial score (nSPS) is 17.8. The van der Waals surface area contributed by atoms with Crippen LogP contribution in [0.4, 0.5) is 0 Å². The minimum absolute atomic E-state index is 0.188. The summed E-state index contributed by atoms with van der Waals surface area (Å²) in [6.07, 6.45) is 3.91. The Balaban J connectivity index is 1.81. The van der Waals surface area contributed by atoms with Gasteiger partial charge < -0.3 is 10.3 Å². The number of aromatic nitrogens is 2. The molecule has 1 aromatic heterocycles. The molecule has 1 aliphatic carbocycles. The Labute approximate surface area is 119 Å². The van der Waals surface area contributed by atoms with Gasteiger partial charge in [0.05, 0.1) is 5.54 Å². The molecule has 1 fully saturated rings. The quantitative estimate of drug-likeness (QED) is 0.928. The fourth-order valence-electron chi connectivity index (χ4n) is 2.66. The largest absolute Gasteiger partial charge is 0.339 e. The highest BCUT2D eigenvalue weighted by Crippen LogP contribution is 2.38. The Bertz CT molecular complexity index is 585. The Hall–Kier alpha value is -1.68. The van der Waals surface area contributed by atoms with Gasteiger partial charge in [0.2, 0.25) is 5.89 Å². The van der Waals surface area contributed by atoms with E-state index in [-0.39, 0.29) is 11.0 Å². The van der Waals surface area contributed by atoms with Crippen molar-refractivity contribution in [2.75, 3.05) is 0 Å². The molecule has 0 radical (unpaired) electrons. The standard InChI is InChI=1S/C16H21N3O/c1-15(2,11-12-7-4-3-5-8-12)14-18-13(19-20-14)16(17)9-6-10-16/h3-5,7-8H,6,9-11,17H2,1-2H3. The number of benzene rings is 1. The summed E-state index contributed by atoms with van der Waals surface area (Å²) in [6, 6.07) is 10.4. The molecular formula is C16H21N3O. The second kappa shape index (κ2) is 4.70. The molecule has 0 spiro atoms. The summed E-state index contributed by atoms with van der Waals surface area (Å²) in [4.78, 5) is 4.57. The second-order valence-corrected chi connectivity index (χ2v) is 6.48. The first kappa shape index (κ1) is 13.3. The summed E-state index contributed by atoms with van der Waals surface area (Å²) in [7, 11) is 0. The first-order chi connectivity index (χ1) is 9.50. The number of nitrogens with two attached hydrogens (primary N) is 1. The summed E-state index contributed by atoms with van der Waals surface area (Å²) in [5.41, 5.74) is 6.97. The van der Waals surface area contributed by atoms with E-state index in [0.717, 1.165) is 25.7 Å². The molecule has 4 nitrogen and oxygen atoms in total. The van der Waals surface area contributed by atoms with Crippen molar-refractivity contribution in [3.8, 4) is 0 Å². The maximum absolute atomic E-state index is 6.25. The predicted octanol–water partition coefficient (Wildman–Crippen LogP) is 2.93. The lowest BCUT2D eigenvalue weighted by atomic mass is 9.77. The van der Waals surface area contributed by atoms with E-state index in [2.05, 4.69) is 36.1 Å². The molecule has 0 atom stereocenters. The maximum atomic E-state index is 6.25. The van der Waals surface area contributed by atoms with Gasteiger partial charge in [-0.15, -0.1) is 0 Å². The van der Waals surface area contributed by atoms with E-state index < -0.39 is 0 Å². The van der Waals surface area contributed by atoms with Crippen LogP contribution >= 0.6 is 0 Å². The van der Waals surface area contributed by atoms with Gasteiger partial charge in [-0.1, -0.05) is 49.3 Å². The van der Waals surface area contributed by atoms with E-state index in [1.807, 2.05) is 18.2 Å². The minimum Gasteiger partial charge on any atom is -0.339 e. The van der Waals surface area contributed by atoms with Crippen LogP contribution in [-0.2, 0) is 17.4 Å². The van der Waals surface area contributed by atoms with Gasteiger partial charge in [-0.05, 0) is 31.2 Å². The fourth-order valence-corrected chi connectivity index (χ4v) is 2.66. The zero-order valence-corrected chi connectivity index (χ0v) is 12.1. The van der Waals surface area contributed by atoms with Crippen molar-refractivity contribution in [2.45, 2.75) is 50.5 Å². The summed E-state index contributed by atoms with van der Waals surface area (Å²) in [5, 5.41) is 4.11. The van der Waals surface area contributed by atoms with Gasteiger partial charge in [0, 0.05) is 5.41 Å². The van der Waals surface area contributed by atoms with Gasteiger partial charge in [0.25, 0.3) is 0 Å². The second-order valence-electron chi connectivity index (χ2n) is 6.48. The zero-order valence-electron chi connectivity index (χ0n) is 12.1. The number of hydrogen-bond acceptors (Lipinski definition) is 4. The molecular weight excluding hydrogens is 250 g/mol. The van der Waals surface area contributed by atoms with Crippen LogP contribution in [0.3, 0.4) is 0 Å². The van der Waals surface area contributed by atoms with Crippen LogP contribution in [0.15, 0.2) is 34.9 Å². The van der Waals surface area contributed by atoms with Gasteiger partial charge in [0.1, 0.15) is 0 Å². The molecule has 2 N–H and O–H groups in total. The Kier molecular flexibility index (Phi) is 3.13. The SMILES string of the molecule is CC(C)(Cc1ccccc1)c1nc(C2(N)CCC2)no1. The molecule has 4 heteroatoms. The molecule has 2 aromatic rings. The predicted molar refractivity (Wildman–Crippen MR) is 77.2 cm³/mol. The van der Waals surface area contributed by atoms with E-state index in [1.165, 1.54) is 5.56 Å². The van der Waals surface area contributed by atoms with Crippen molar-refractivity contribution >= 4 is 0 Å². The number of nitrogens with zero attached hydrogens (tertiary/aromatic N) is 2. The molecule has 1 heterocycles. The van der Waals surface area contributed by atoms with E-state index in [4.69, 9.17) is 10.3 Å². The van der Waals surface area contributed by atoms with Crippen LogP contribution in [0.1, 0.15) is 50.4 Å². The van der Waals surface area contributed by atoms with Crippen LogP contribution in [-0.4, -0.2) is 10.1 Å². The average Bonchev–Trinajstić information content (AvgIpc) is 2.87. The lowest BCUT2D eigenvalue weighted by Gasteiger charge is -2.34. The minimum atomic E-state index is -0.357. The van der Waals surface area contributed by atoms with E-state index in [9.17, 15) is 0 Å². The molecule has 1 aliphatic rings. The van der Waals surface area contributed by atoms with Gasteiger partial charge in [-0.3, -0.25) is 0 Å². The van der Waals surface area contributed by atoms with Crippen molar-refractivity contribution in [1.29, 1.82) is 0 Å². The third-order valence-electron chi connectivity index (χ3n) is 4.18. The fraction of sp³-hybridized carbons (Fsp3) is 0.500. The smallest absolute Gasteiger partial charge is 0.232 e.